The molecule has 1 aliphatic rings. The van der Waals surface area contributed by atoms with E-state index in [-0.39, 0.29) is 43.0 Å². The molecule has 1 aromatic rings. The van der Waals surface area contributed by atoms with Crippen molar-refractivity contribution >= 4 is 40.0 Å². The summed E-state index contributed by atoms with van der Waals surface area (Å²) in [6.45, 7) is 5.06. The number of hydrogen-bond acceptors (Lipinski definition) is 5. The molecule has 0 spiro atoms. The van der Waals surface area contributed by atoms with Crippen molar-refractivity contribution in [3.63, 3.8) is 0 Å². The second kappa shape index (κ2) is 11.3. The van der Waals surface area contributed by atoms with Crippen LogP contribution in [0.15, 0.2) is 15.6 Å². The average molecular weight is 553 g/mol. The zero-order valence-corrected chi connectivity index (χ0v) is 19.5. The van der Waals surface area contributed by atoms with E-state index in [1.807, 2.05) is 19.9 Å². The summed E-state index contributed by atoms with van der Waals surface area (Å²) in [5.74, 6) is 1.25. The Morgan fingerprint density at radius 2 is 1.97 bits per heavy atom. The predicted octanol–water partition coefficient (Wildman–Crippen LogP) is 2.47. The number of rotatable bonds is 7. The Labute approximate surface area is 185 Å². The van der Waals surface area contributed by atoms with E-state index < -0.39 is 15.5 Å². The molecular formula is C16H27F3IN5O3S. The SMILES string of the molecule is CCNC(=NCc1cc(CC)no1)NCC1CCN(S(=O)(=O)C(F)(F)F)CC1.I. The maximum Gasteiger partial charge on any atom is 0.511 e. The normalized spacial score (nSPS) is 17.1. The molecule has 1 aromatic heterocycles. The lowest BCUT2D eigenvalue weighted by Crippen LogP contribution is -2.47. The number of guanidine groups is 1. The molecule has 1 fully saturated rings. The lowest BCUT2D eigenvalue weighted by Gasteiger charge is -2.31. The number of aromatic nitrogens is 1. The summed E-state index contributed by atoms with van der Waals surface area (Å²) >= 11 is 0. The Kier molecular flexibility index (Phi) is 10.1. The van der Waals surface area contributed by atoms with Crippen molar-refractivity contribution in [1.82, 2.24) is 20.1 Å². The number of nitrogens with one attached hydrogen (secondary N) is 2. The van der Waals surface area contributed by atoms with Crippen molar-refractivity contribution in [2.24, 2.45) is 10.9 Å². The van der Waals surface area contributed by atoms with Gasteiger partial charge in [0.25, 0.3) is 0 Å². The predicted molar refractivity (Wildman–Crippen MR) is 113 cm³/mol. The molecular weight excluding hydrogens is 526 g/mol. The van der Waals surface area contributed by atoms with Gasteiger partial charge >= 0.3 is 15.5 Å². The minimum Gasteiger partial charge on any atom is -0.359 e. The Hall–Kier alpha value is -1.09. The van der Waals surface area contributed by atoms with Crippen molar-refractivity contribution in [1.29, 1.82) is 0 Å². The van der Waals surface area contributed by atoms with E-state index in [4.69, 9.17) is 4.52 Å². The topological polar surface area (TPSA) is 99.8 Å². The molecule has 0 amide bonds. The van der Waals surface area contributed by atoms with Gasteiger partial charge in [-0.2, -0.15) is 17.5 Å². The number of aliphatic imine (C=N–C) groups is 1. The van der Waals surface area contributed by atoms with E-state index in [9.17, 15) is 21.6 Å². The third kappa shape index (κ3) is 7.27. The minimum atomic E-state index is -5.25. The van der Waals surface area contributed by atoms with Crippen molar-refractivity contribution in [2.75, 3.05) is 26.2 Å². The van der Waals surface area contributed by atoms with Gasteiger partial charge in [0, 0.05) is 32.2 Å². The number of sulfonamides is 1. The van der Waals surface area contributed by atoms with Crippen LogP contribution in [0.2, 0.25) is 0 Å². The van der Waals surface area contributed by atoms with Crippen LogP contribution >= 0.6 is 24.0 Å². The lowest BCUT2D eigenvalue weighted by molar-refractivity contribution is -0.0496. The summed E-state index contributed by atoms with van der Waals surface area (Å²) in [6.07, 6.45) is 1.47. The van der Waals surface area contributed by atoms with Crippen molar-refractivity contribution in [3.05, 3.63) is 17.5 Å². The average Bonchev–Trinajstić information content (AvgIpc) is 3.11. The van der Waals surface area contributed by atoms with E-state index in [1.165, 1.54) is 0 Å². The summed E-state index contributed by atoms with van der Waals surface area (Å²) in [4.78, 5) is 4.41. The van der Waals surface area contributed by atoms with Crippen LogP contribution in [0.25, 0.3) is 0 Å². The van der Waals surface area contributed by atoms with E-state index in [0.717, 1.165) is 12.1 Å². The van der Waals surface area contributed by atoms with E-state index in [1.54, 1.807) is 0 Å². The maximum absolute atomic E-state index is 12.6. The fourth-order valence-electron chi connectivity index (χ4n) is 2.84. The highest BCUT2D eigenvalue weighted by Crippen LogP contribution is 2.30. The van der Waals surface area contributed by atoms with Crippen LogP contribution in [0, 0.1) is 5.92 Å². The molecule has 1 saturated heterocycles. The fourth-order valence-corrected chi connectivity index (χ4v) is 3.82. The molecule has 13 heteroatoms. The van der Waals surface area contributed by atoms with Gasteiger partial charge in [-0.15, -0.1) is 24.0 Å². The molecule has 1 aliphatic heterocycles. The van der Waals surface area contributed by atoms with Gasteiger partial charge in [0.2, 0.25) is 0 Å². The van der Waals surface area contributed by atoms with Gasteiger partial charge in [-0.1, -0.05) is 12.1 Å². The number of hydrogen-bond donors (Lipinski definition) is 2. The largest absolute Gasteiger partial charge is 0.511 e. The summed E-state index contributed by atoms with van der Waals surface area (Å²) in [7, 11) is -5.24. The Balaban J connectivity index is 0.00000420. The highest BCUT2D eigenvalue weighted by Gasteiger charge is 2.50. The zero-order chi connectivity index (χ0) is 20.8. The Morgan fingerprint density at radius 3 is 2.48 bits per heavy atom. The molecule has 2 rings (SSSR count). The van der Waals surface area contributed by atoms with Crippen LogP contribution in [0.1, 0.15) is 38.1 Å². The first-order chi connectivity index (χ1) is 13.2. The first kappa shape index (κ1) is 25.9. The monoisotopic (exact) mass is 553 g/mol. The quantitative estimate of drug-likeness (QED) is 0.306. The second-order valence-electron chi connectivity index (χ2n) is 6.51. The smallest absolute Gasteiger partial charge is 0.359 e. The molecule has 0 aromatic carbocycles. The van der Waals surface area contributed by atoms with Crippen LogP contribution in [-0.4, -0.2) is 55.5 Å². The number of piperidine rings is 1. The first-order valence-corrected chi connectivity index (χ1v) is 10.6. The highest BCUT2D eigenvalue weighted by molar-refractivity contribution is 14.0. The van der Waals surface area contributed by atoms with Crippen molar-refractivity contribution in [3.8, 4) is 0 Å². The Bertz CT molecular complexity index is 762. The van der Waals surface area contributed by atoms with E-state index >= 15 is 0 Å². The summed E-state index contributed by atoms with van der Waals surface area (Å²) in [5.41, 5.74) is -4.40. The van der Waals surface area contributed by atoms with Gasteiger partial charge < -0.3 is 15.2 Å². The summed E-state index contributed by atoms with van der Waals surface area (Å²) in [5, 5.41) is 10.1. The second-order valence-corrected chi connectivity index (χ2v) is 8.44. The first-order valence-electron chi connectivity index (χ1n) is 9.20. The maximum atomic E-state index is 12.6. The third-order valence-corrected chi connectivity index (χ3v) is 6.10. The van der Waals surface area contributed by atoms with Crippen LogP contribution in [-0.2, 0) is 23.0 Å². The minimum absolute atomic E-state index is 0. The molecule has 0 aliphatic carbocycles. The van der Waals surface area contributed by atoms with Gasteiger partial charge in [-0.25, -0.2) is 13.4 Å². The van der Waals surface area contributed by atoms with E-state index in [0.29, 0.717) is 48.5 Å². The van der Waals surface area contributed by atoms with E-state index in [2.05, 4.69) is 20.8 Å². The summed E-state index contributed by atoms with van der Waals surface area (Å²) < 4.78 is 66.5. The fraction of sp³-hybridized carbons (Fsp3) is 0.750. The molecule has 2 heterocycles. The zero-order valence-electron chi connectivity index (χ0n) is 16.3. The van der Waals surface area contributed by atoms with Crippen molar-refractivity contribution < 1.29 is 26.1 Å². The summed E-state index contributed by atoms with van der Waals surface area (Å²) in [6, 6.07) is 1.84. The molecule has 0 unspecified atom stereocenters. The van der Waals surface area contributed by atoms with Gasteiger partial charge in [-0.05, 0) is 32.1 Å². The highest BCUT2D eigenvalue weighted by atomic mass is 127. The number of halogens is 4. The van der Waals surface area contributed by atoms with Gasteiger partial charge in [0.1, 0.15) is 6.54 Å². The molecule has 8 nitrogen and oxygen atoms in total. The molecule has 0 saturated carbocycles. The molecule has 29 heavy (non-hydrogen) atoms. The van der Waals surface area contributed by atoms with Crippen LogP contribution in [0.5, 0.6) is 0 Å². The lowest BCUT2D eigenvalue weighted by atomic mass is 9.98. The molecule has 2 N–H and O–H groups in total. The van der Waals surface area contributed by atoms with Gasteiger partial charge in [0.15, 0.2) is 11.7 Å². The van der Waals surface area contributed by atoms with Gasteiger partial charge in [0.05, 0.1) is 5.69 Å². The van der Waals surface area contributed by atoms with Crippen molar-refractivity contribution in [2.45, 2.75) is 45.2 Å². The number of aryl methyl sites for hydroxylation is 1. The molecule has 0 radical (unpaired) electrons. The van der Waals surface area contributed by atoms with Crippen LogP contribution < -0.4 is 10.6 Å². The van der Waals surface area contributed by atoms with Crippen LogP contribution in [0.3, 0.4) is 0 Å². The molecule has 0 bridgehead atoms. The van der Waals surface area contributed by atoms with Crippen LogP contribution in [0.4, 0.5) is 13.2 Å². The number of nitrogens with zero attached hydrogens (tertiary/aromatic N) is 3. The number of alkyl halides is 3. The van der Waals surface area contributed by atoms with Gasteiger partial charge in [-0.3, -0.25) is 0 Å². The Morgan fingerprint density at radius 1 is 1.31 bits per heavy atom. The third-order valence-electron chi connectivity index (χ3n) is 4.47. The molecule has 0 atom stereocenters. The standard InChI is InChI=1S/C16H26F3N5O3S.HI/c1-3-13-9-14(27-23-13)11-22-15(20-4-2)21-10-12-5-7-24(8-6-12)28(25,26)16(17,18)19;/h9,12H,3-8,10-11H2,1-2H3,(H2,20,21,22);1H. The molecule has 168 valence electrons.